The molecular weight excluding hydrogens is 172 g/mol. The fourth-order valence-electron chi connectivity index (χ4n) is 1.00. The number of aliphatic hydroxyl groups is 2. The third kappa shape index (κ3) is 2.83. The summed E-state index contributed by atoms with van der Waals surface area (Å²) in [7, 11) is 0. The second kappa shape index (κ2) is 5.00. The lowest BCUT2D eigenvalue weighted by Gasteiger charge is -2.27. The van der Waals surface area contributed by atoms with Crippen molar-refractivity contribution in [2.75, 3.05) is 13.2 Å². The fraction of sp³-hybridized carbons (Fsp3) is 0.556. The van der Waals surface area contributed by atoms with Crippen LogP contribution in [-0.4, -0.2) is 41.9 Å². The van der Waals surface area contributed by atoms with Gasteiger partial charge in [-0.15, -0.1) is 6.42 Å². The summed E-state index contributed by atoms with van der Waals surface area (Å²) in [6.07, 6.45) is 6.08. The van der Waals surface area contributed by atoms with Gasteiger partial charge >= 0.3 is 0 Å². The Hall–Kier alpha value is -0.860. The maximum atomic E-state index is 9.24. The molecule has 0 radical (unpaired) electrons. The van der Waals surface area contributed by atoms with Gasteiger partial charge in [-0.1, -0.05) is 12.0 Å². The van der Waals surface area contributed by atoms with E-state index in [1.165, 1.54) is 6.08 Å². The Balaban J connectivity index is 2.44. The molecular formula is C9H12O4. The van der Waals surface area contributed by atoms with Gasteiger partial charge < -0.3 is 19.7 Å². The Bertz CT molecular complexity index is 218. The number of hydrogen-bond acceptors (Lipinski definition) is 4. The molecule has 3 atom stereocenters. The van der Waals surface area contributed by atoms with Gasteiger partial charge in [0.15, 0.2) is 6.29 Å². The predicted molar refractivity (Wildman–Crippen MR) is 45.7 cm³/mol. The van der Waals surface area contributed by atoms with Crippen LogP contribution < -0.4 is 0 Å². The average molecular weight is 184 g/mol. The van der Waals surface area contributed by atoms with E-state index in [0.29, 0.717) is 0 Å². The van der Waals surface area contributed by atoms with Gasteiger partial charge in [0.05, 0.1) is 6.61 Å². The molecule has 1 aliphatic heterocycles. The third-order valence-electron chi connectivity index (χ3n) is 1.67. The smallest absolute Gasteiger partial charge is 0.178 e. The fourth-order valence-corrected chi connectivity index (χ4v) is 1.00. The highest BCUT2D eigenvalue weighted by Gasteiger charge is 2.24. The van der Waals surface area contributed by atoms with Crippen LogP contribution in [0, 0.1) is 12.3 Å². The van der Waals surface area contributed by atoms with E-state index < -0.39 is 18.5 Å². The highest BCUT2D eigenvalue weighted by Crippen LogP contribution is 2.13. The Kier molecular flexibility index (Phi) is 3.93. The Morgan fingerprint density at radius 1 is 1.54 bits per heavy atom. The van der Waals surface area contributed by atoms with Crippen LogP contribution in [0.25, 0.3) is 0 Å². The predicted octanol–water partition coefficient (Wildman–Crippen LogP) is -0.730. The van der Waals surface area contributed by atoms with Crippen LogP contribution in [0.1, 0.15) is 0 Å². The van der Waals surface area contributed by atoms with Crippen LogP contribution in [0.2, 0.25) is 0 Å². The second-order valence-corrected chi connectivity index (χ2v) is 2.62. The largest absolute Gasteiger partial charge is 0.394 e. The van der Waals surface area contributed by atoms with Crippen molar-refractivity contribution in [3.63, 3.8) is 0 Å². The summed E-state index contributed by atoms with van der Waals surface area (Å²) in [5, 5.41) is 18.0. The molecule has 4 nitrogen and oxygen atoms in total. The Labute approximate surface area is 76.8 Å². The topological polar surface area (TPSA) is 58.9 Å². The quantitative estimate of drug-likeness (QED) is 0.448. The minimum atomic E-state index is -0.782. The number of hydrogen-bond donors (Lipinski definition) is 2. The molecule has 2 N–H and O–H groups in total. The first-order chi connectivity index (χ1) is 6.27. The molecule has 0 saturated heterocycles. The summed E-state index contributed by atoms with van der Waals surface area (Å²) in [4.78, 5) is 0. The second-order valence-electron chi connectivity index (χ2n) is 2.62. The van der Waals surface area contributed by atoms with E-state index in [2.05, 4.69) is 5.92 Å². The standard InChI is InChI=1S/C9H12O4/c1-2-5-12-9-4-3-7(11)8(6-10)13-9/h1,3-4,7-11H,5-6H2/t7-,8+,9-/m0/s1. The maximum absolute atomic E-state index is 9.24. The zero-order chi connectivity index (χ0) is 9.68. The summed E-state index contributed by atoms with van der Waals surface area (Å²) in [5.74, 6) is 2.30. The van der Waals surface area contributed by atoms with E-state index in [1.54, 1.807) is 6.08 Å². The van der Waals surface area contributed by atoms with E-state index >= 15 is 0 Å². The van der Waals surface area contributed by atoms with Crippen LogP contribution in [0.4, 0.5) is 0 Å². The monoisotopic (exact) mass is 184 g/mol. The first kappa shape index (κ1) is 10.2. The molecule has 0 aliphatic carbocycles. The molecule has 4 heteroatoms. The SMILES string of the molecule is C#CCO[C@@H]1C=C[C@H](O)[C@@H](CO)O1. The molecule has 1 aliphatic rings. The van der Waals surface area contributed by atoms with E-state index in [-0.39, 0.29) is 13.2 Å². The summed E-state index contributed by atoms with van der Waals surface area (Å²) in [6, 6.07) is 0. The summed E-state index contributed by atoms with van der Waals surface area (Å²) in [6.45, 7) is -0.106. The first-order valence-electron chi connectivity index (χ1n) is 3.95. The molecule has 0 aromatic carbocycles. The van der Waals surface area contributed by atoms with Crippen molar-refractivity contribution in [3.05, 3.63) is 12.2 Å². The van der Waals surface area contributed by atoms with E-state index in [4.69, 9.17) is 21.0 Å². The van der Waals surface area contributed by atoms with Gasteiger partial charge in [-0.25, -0.2) is 0 Å². The summed E-state index contributed by atoms with van der Waals surface area (Å²) in [5.41, 5.74) is 0. The molecule has 0 saturated carbocycles. The molecule has 0 unspecified atom stereocenters. The lowest BCUT2D eigenvalue weighted by atomic mass is 10.1. The van der Waals surface area contributed by atoms with Gasteiger partial charge in [-0.3, -0.25) is 0 Å². The van der Waals surface area contributed by atoms with Crippen LogP contribution >= 0.6 is 0 Å². The molecule has 0 bridgehead atoms. The van der Waals surface area contributed by atoms with E-state index in [9.17, 15) is 5.11 Å². The molecule has 0 aromatic rings. The van der Waals surface area contributed by atoms with E-state index in [1.807, 2.05) is 0 Å². The molecule has 1 heterocycles. The van der Waals surface area contributed by atoms with Crippen molar-refractivity contribution in [2.24, 2.45) is 0 Å². The Morgan fingerprint density at radius 3 is 2.92 bits per heavy atom. The molecule has 72 valence electrons. The summed E-state index contributed by atoms with van der Waals surface area (Å²) >= 11 is 0. The first-order valence-corrected chi connectivity index (χ1v) is 3.95. The third-order valence-corrected chi connectivity index (χ3v) is 1.67. The van der Waals surface area contributed by atoms with Gasteiger partial charge in [-0.05, 0) is 6.08 Å². The van der Waals surface area contributed by atoms with Crippen molar-refractivity contribution < 1.29 is 19.7 Å². The zero-order valence-electron chi connectivity index (χ0n) is 7.09. The van der Waals surface area contributed by atoms with Crippen molar-refractivity contribution in [1.82, 2.24) is 0 Å². The van der Waals surface area contributed by atoms with Crippen molar-refractivity contribution >= 4 is 0 Å². The van der Waals surface area contributed by atoms with Gasteiger partial charge in [0.25, 0.3) is 0 Å². The minimum absolute atomic E-state index is 0.142. The number of rotatable bonds is 3. The maximum Gasteiger partial charge on any atom is 0.178 e. The number of terminal acetylenes is 1. The molecule has 0 aromatic heterocycles. The van der Waals surface area contributed by atoms with Gasteiger partial charge in [-0.2, -0.15) is 0 Å². The Morgan fingerprint density at radius 2 is 2.31 bits per heavy atom. The molecule has 0 amide bonds. The van der Waals surface area contributed by atoms with Crippen LogP contribution in [0.15, 0.2) is 12.2 Å². The van der Waals surface area contributed by atoms with Crippen molar-refractivity contribution in [2.45, 2.75) is 18.5 Å². The number of ether oxygens (including phenoxy) is 2. The molecule has 0 spiro atoms. The summed E-state index contributed by atoms with van der Waals surface area (Å²) < 4.78 is 10.2. The number of aliphatic hydroxyl groups excluding tert-OH is 2. The zero-order valence-corrected chi connectivity index (χ0v) is 7.09. The lowest BCUT2D eigenvalue weighted by molar-refractivity contribution is -0.174. The molecule has 0 fully saturated rings. The average Bonchev–Trinajstić information content (AvgIpc) is 2.16. The normalized spacial score (nSPS) is 32.8. The van der Waals surface area contributed by atoms with Crippen molar-refractivity contribution in [1.29, 1.82) is 0 Å². The van der Waals surface area contributed by atoms with Gasteiger partial charge in [0.1, 0.15) is 18.8 Å². The lowest BCUT2D eigenvalue weighted by Crippen LogP contribution is -2.38. The van der Waals surface area contributed by atoms with Crippen LogP contribution in [-0.2, 0) is 9.47 Å². The minimum Gasteiger partial charge on any atom is -0.394 e. The highest BCUT2D eigenvalue weighted by molar-refractivity contribution is 5.00. The van der Waals surface area contributed by atoms with Crippen LogP contribution in [0.3, 0.4) is 0 Å². The van der Waals surface area contributed by atoms with Gasteiger partial charge in [0, 0.05) is 0 Å². The van der Waals surface area contributed by atoms with Crippen LogP contribution in [0.5, 0.6) is 0 Å². The van der Waals surface area contributed by atoms with Gasteiger partial charge in [0.2, 0.25) is 0 Å². The molecule has 13 heavy (non-hydrogen) atoms. The van der Waals surface area contributed by atoms with Crippen molar-refractivity contribution in [3.8, 4) is 12.3 Å². The molecule has 1 rings (SSSR count). The highest BCUT2D eigenvalue weighted by atomic mass is 16.7. The van der Waals surface area contributed by atoms with E-state index in [0.717, 1.165) is 0 Å².